The first-order chi connectivity index (χ1) is 8.31. The van der Waals surface area contributed by atoms with E-state index in [1.165, 1.54) is 10.1 Å². The van der Waals surface area contributed by atoms with Crippen molar-refractivity contribution in [2.45, 2.75) is 19.8 Å². The first-order valence-corrected chi connectivity index (χ1v) is 6.86. The molecule has 0 saturated heterocycles. The zero-order valence-electron chi connectivity index (χ0n) is 10.0. The van der Waals surface area contributed by atoms with Gasteiger partial charge in [-0.2, -0.15) is 0 Å². The van der Waals surface area contributed by atoms with Gasteiger partial charge in [0.05, 0.1) is 6.54 Å². The van der Waals surface area contributed by atoms with Crippen molar-refractivity contribution in [2.75, 3.05) is 13.1 Å². The van der Waals surface area contributed by atoms with E-state index in [0.29, 0.717) is 13.0 Å². The highest BCUT2D eigenvalue weighted by atomic mass is 32.1. The Morgan fingerprint density at radius 3 is 3.00 bits per heavy atom. The van der Waals surface area contributed by atoms with Gasteiger partial charge in [-0.25, -0.2) is 0 Å². The molecule has 0 fully saturated rings. The van der Waals surface area contributed by atoms with Gasteiger partial charge in [-0.3, -0.25) is 4.79 Å². The molecular formula is C14H17NOS. The number of benzene rings is 1. The highest BCUT2D eigenvalue weighted by Gasteiger charge is 2.08. The van der Waals surface area contributed by atoms with Crippen LogP contribution in [0.1, 0.15) is 18.9 Å². The Hall–Kier alpha value is -1.19. The smallest absolute Gasteiger partial charge is 0.151 e. The van der Waals surface area contributed by atoms with Crippen LogP contribution in [0.15, 0.2) is 29.6 Å². The van der Waals surface area contributed by atoms with Gasteiger partial charge in [-0.15, -0.1) is 11.3 Å². The van der Waals surface area contributed by atoms with E-state index in [2.05, 4.69) is 29.8 Å². The van der Waals surface area contributed by atoms with Crippen molar-refractivity contribution < 1.29 is 4.79 Å². The van der Waals surface area contributed by atoms with E-state index >= 15 is 0 Å². The highest BCUT2D eigenvalue weighted by molar-refractivity contribution is 7.17. The van der Waals surface area contributed by atoms with Crippen LogP contribution >= 0.6 is 11.3 Å². The minimum Gasteiger partial charge on any atom is -0.310 e. The minimum absolute atomic E-state index is 0.266. The van der Waals surface area contributed by atoms with E-state index in [-0.39, 0.29) is 5.78 Å². The van der Waals surface area contributed by atoms with Crippen LogP contribution in [-0.2, 0) is 11.2 Å². The van der Waals surface area contributed by atoms with Crippen molar-refractivity contribution in [1.29, 1.82) is 0 Å². The van der Waals surface area contributed by atoms with Gasteiger partial charge in [0.2, 0.25) is 0 Å². The second kappa shape index (κ2) is 5.94. The minimum atomic E-state index is 0.266. The van der Waals surface area contributed by atoms with Crippen LogP contribution in [0, 0.1) is 0 Å². The average molecular weight is 247 g/mol. The third kappa shape index (κ3) is 3.14. The van der Waals surface area contributed by atoms with Crippen LogP contribution in [0.2, 0.25) is 0 Å². The summed E-state index contributed by atoms with van der Waals surface area (Å²) in [5, 5.41) is 6.47. The Morgan fingerprint density at radius 2 is 2.18 bits per heavy atom. The maximum Gasteiger partial charge on any atom is 0.151 e. The zero-order valence-corrected chi connectivity index (χ0v) is 10.8. The monoisotopic (exact) mass is 247 g/mol. The van der Waals surface area contributed by atoms with Crippen LogP contribution in [0.4, 0.5) is 0 Å². The molecule has 2 rings (SSSR count). The summed E-state index contributed by atoms with van der Waals surface area (Å²) in [4.78, 5) is 11.8. The van der Waals surface area contributed by atoms with Gasteiger partial charge in [0, 0.05) is 11.1 Å². The zero-order chi connectivity index (χ0) is 12.1. The topological polar surface area (TPSA) is 29.1 Å². The molecule has 1 aromatic carbocycles. The van der Waals surface area contributed by atoms with Gasteiger partial charge < -0.3 is 5.32 Å². The van der Waals surface area contributed by atoms with Gasteiger partial charge >= 0.3 is 0 Å². The van der Waals surface area contributed by atoms with Gasteiger partial charge in [0.15, 0.2) is 5.78 Å². The Bertz CT molecular complexity index is 504. The van der Waals surface area contributed by atoms with Crippen molar-refractivity contribution in [1.82, 2.24) is 5.32 Å². The molecule has 0 amide bonds. The van der Waals surface area contributed by atoms with E-state index in [1.807, 2.05) is 12.1 Å². The summed E-state index contributed by atoms with van der Waals surface area (Å²) >= 11 is 1.71. The maximum absolute atomic E-state index is 11.8. The molecular weight excluding hydrogens is 230 g/mol. The van der Waals surface area contributed by atoms with E-state index < -0.39 is 0 Å². The molecule has 1 aromatic heterocycles. The van der Waals surface area contributed by atoms with Gasteiger partial charge in [-0.05, 0) is 35.4 Å². The molecule has 0 radical (unpaired) electrons. The number of thiophene rings is 1. The van der Waals surface area contributed by atoms with E-state index in [9.17, 15) is 4.79 Å². The Morgan fingerprint density at radius 1 is 1.35 bits per heavy atom. The molecule has 0 aliphatic heterocycles. The molecule has 0 bridgehead atoms. The molecule has 1 N–H and O–H groups in total. The Kier molecular flexibility index (Phi) is 4.29. The van der Waals surface area contributed by atoms with Crippen LogP contribution < -0.4 is 5.32 Å². The SMILES string of the molecule is CCCNCC(=O)Cc1csc2ccccc12. The fraction of sp³-hybridized carbons (Fsp3) is 0.357. The highest BCUT2D eigenvalue weighted by Crippen LogP contribution is 2.25. The standard InChI is InChI=1S/C14H17NOS/c1-2-7-15-9-12(16)8-11-10-17-14-6-4-3-5-13(11)14/h3-6,10,15H,2,7-9H2,1H3. The van der Waals surface area contributed by atoms with Gasteiger partial charge in [-0.1, -0.05) is 25.1 Å². The number of rotatable bonds is 6. The summed E-state index contributed by atoms with van der Waals surface area (Å²) in [5.74, 6) is 0.266. The number of hydrogen-bond acceptors (Lipinski definition) is 3. The molecule has 1 heterocycles. The average Bonchev–Trinajstić information content (AvgIpc) is 2.73. The third-order valence-corrected chi connectivity index (χ3v) is 3.71. The first kappa shape index (κ1) is 12.3. The third-order valence-electron chi connectivity index (χ3n) is 2.70. The number of fused-ring (bicyclic) bond motifs is 1. The Balaban J connectivity index is 2.01. The molecule has 2 aromatic rings. The number of Topliss-reactive ketones (excluding diaryl/α,β-unsaturated/α-hetero) is 1. The fourth-order valence-electron chi connectivity index (χ4n) is 1.85. The largest absolute Gasteiger partial charge is 0.310 e. The predicted molar refractivity (Wildman–Crippen MR) is 73.7 cm³/mol. The molecule has 3 heteroatoms. The summed E-state index contributed by atoms with van der Waals surface area (Å²) in [5.41, 5.74) is 1.16. The van der Waals surface area contributed by atoms with Crippen LogP contribution in [0.5, 0.6) is 0 Å². The van der Waals surface area contributed by atoms with Crippen molar-refractivity contribution in [3.63, 3.8) is 0 Å². The van der Waals surface area contributed by atoms with Crippen molar-refractivity contribution in [3.05, 3.63) is 35.2 Å². The number of carbonyl (C=O) groups excluding carboxylic acids is 1. The molecule has 0 aliphatic carbocycles. The van der Waals surface area contributed by atoms with E-state index in [4.69, 9.17) is 0 Å². The predicted octanol–water partition coefficient (Wildman–Crippen LogP) is 3.01. The lowest BCUT2D eigenvalue weighted by Crippen LogP contribution is -2.24. The van der Waals surface area contributed by atoms with Gasteiger partial charge in [0.25, 0.3) is 0 Å². The fourth-order valence-corrected chi connectivity index (χ4v) is 2.81. The molecule has 0 spiro atoms. The van der Waals surface area contributed by atoms with Crippen molar-refractivity contribution in [2.24, 2.45) is 0 Å². The summed E-state index contributed by atoms with van der Waals surface area (Å²) < 4.78 is 1.26. The number of hydrogen-bond donors (Lipinski definition) is 1. The molecule has 0 unspecified atom stereocenters. The van der Waals surface area contributed by atoms with Crippen molar-refractivity contribution in [3.8, 4) is 0 Å². The lowest BCUT2D eigenvalue weighted by molar-refractivity contribution is -0.117. The van der Waals surface area contributed by atoms with Crippen LogP contribution in [-0.4, -0.2) is 18.9 Å². The van der Waals surface area contributed by atoms with Crippen LogP contribution in [0.25, 0.3) is 10.1 Å². The van der Waals surface area contributed by atoms with Crippen molar-refractivity contribution >= 4 is 27.2 Å². The van der Waals surface area contributed by atoms with E-state index in [1.54, 1.807) is 11.3 Å². The molecule has 0 atom stereocenters. The summed E-state index contributed by atoms with van der Waals surface area (Å²) in [6, 6.07) is 8.25. The summed E-state index contributed by atoms with van der Waals surface area (Å²) in [6.07, 6.45) is 1.61. The molecule has 0 saturated carbocycles. The first-order valence-electron chi connectivity index (χ1n) is 5.98. The normalized spacial score (nSPS) is 10.9. The summed E-state index contributed by atoms with van der Waals surface area (Å²) in [7, 11) is 0. The van der Waals surface area contributed by atoms with E-state index in [0.717, 1.165) is 18.5 Å². The molecule has 0 aliphatic rings. The molecule has 17 heavy (non-hydrogen) atoms. The lowest BCUT2D eigenvalue weighted by Gasteiger charge is -2.02. The quantitative estimate of drug-likeness (QED) is 0.795. The second-order valence-corrected chi connectivity index (χ2v) is 5.06. The van der Waals surface area contributed by atoms with Gasteiger partial charge in [0.1, 0.15) is 0 Å². The van der Waals surface area contributed by atoms with Crippen LogP contribution in [0.3, 0.4) is 0 Å². The second-order valence-electron chi connectivity index (χ2n) is 4.15. The summed E-state index contributed by atoms with van der Waals surface area (Å²) in [6.45, 7) is 3.50. The number of carbonyl (C=O) groups is 1. The molecule has 2 nitrogen and oxygen atoms in total. The Labute approximate surface area is 106 Å². The number of nitrogens with one attached hydrogen (secondary N) is 1. The molecule has 90 valence electrons. The number of ketones is 1. The maximum atomic E-state index is 11.8. The lowest BCUT2D eigenvalue weighted by atomic mass is 10.1.